The van der Waals surface area contributed by atoms with Crippen LogP contribution in [0.4, 0.5) is 8.78 Å². The highest BCUT2D eigenvalue weighted by Crippen LogP contribution is 2.09. The molecule has 0 fully saturated rings. The van der Waals surface area contributed by atoms with E-state index in [-0.39, 0.29) is 5.82 Å². The zero-order valence-electron chi connectivity index (χ0n) is 9.21. The van der Waals surface area contributed by atoms with Crippen molar-refractivity contribution in [3.05, 3.63) is 53.6 Å². The quantitative estimate of drug-likeness (QED) is 0.781. The summed E-state index contributed by atoms with van der Waals surface area (Å²) < 4.78 is 26.1. The molecule has 1 aromatic carbocycles. The molecular weight excluding hydrogens is 224 g/mol. The number of rotatable bonds is 5. The van der Waals surface area contributed by atoms with Crippen LogP contribution in [0.3, 0.4) is 0 Å². The van der Waals surface area contributed by atoms with Gasteiger partial charge in [-0.25, -0.2) is 13.8 Å². The van der Waals surface area contributed by atoms with Crippen LogP contribution in [0, 0.1) is 11.6 Å². The zero-order chi connectivity index (χ0) is 12.1. The Morgan fingerprint density at radius 2 is 2.18 bits per heavy atom. The predicted octanol–water partition coefficient (Wildman–Crippen LogP) is 2.02. The Morgan fingerprint density at radius 1 is 1.29 bits per heavy atom. The number of nitrogens with zero attached hydrogens (tertiary/aromatic N) is 1. The van der Waals surface area contributed by atoms with Gasteiger partial charge >= 0.3 is 0 Å². The first-order valence-corrected chi connectivity index (χ1v) is 5.37. The number of aromatic nitrogens is 2. The van der Waals surface area contributed by atoms with E-state index in [1.165, 1.54) is 6.07 Å². The van der Waals surface area contributed by atoms with Crippen LogP contribution in [0.2, 0.25) is 0 Å². The van der Waals surface area contributed by atoms with Crippen LogP contribution in [0.5, 0.6) is 0 Å². The molecule has 0 aliphatic rings. The summed E-state index contributed by atoms with van der Waals surface area (Å²) in [5.41, 5.74) is 1.35. The highest BCUT2D eigenvalue weighted by Gasteiger charge is 2.03. The van der Waals surface area contributed by atoms with Gasteiger partial charge in [0.05, 0.1) is 6.33 Å². The molecule has 5 heteroatoms. The van der Waals surface area contributed by atoms with E-state index in [1.807, 2.05) is 0 Å². The van der Waals surface area contributed by atoms with Crippen LogP contribution in [0.1, 0.15) is 11.3 Å². The standard InChI is InChI=1S/C12H13F2N3/c13-10-1-2-12(14)9(5-10)6-15-4-3-11-7-16-8-17-11/h1-2,5,7-8,15H,3-4,6H2,(H,16,17). The molecule has 0 bridgehead atoms. The van der Waals surface area contributed by atoms with Crippen LogP contribution < -0.4 is 5.32 Å². The highest BCUT2D eigenvalue weighted by molar-refractivity contribution is 5.18. The van der Waals surface area contributed by atoms with E-state index in [9.17, 15) is 8.78 Å². The number of H-pyrrole nitrogens is 1. The molecule has 0 unspecified atom stereocenters. The molecule has 90 valence electrons. The van der Waals surface area contributed by atoms with Gasteiger partial charge in [-0.05, 0) is 18.2 Å². The van der Waals surface area contributed by atoms with Gasteiger partial charge in [-0.3, -0.25) is 0 Å². The maximum Gasteiger partial charge on any atom is 0.127 e. The van der Waals surface area contributed by atoms with Crippen LogP contribution in [-0.2, 0) is 13.0 Å². The minimum Gasteiger partial charge on any atom is -0.348 e. The highest BCUT2D eigenvalue weighted by atomic mass is 19.1. The van der Waals surface area contributed by atoms with Gasteiger partial charge < -0.3 is 10.3 Å². The van der Waals surface area contributed by atoms with E-state index >= 15 is 0 Å². The van der Waals surface area contributed by atoms with E-state index in [4.69, 9.17) is 0 Å². The third-order valence-corrected chi connectivity index (χ3v) is 2.45. The zero-order valence-corrected chi connectivity index (χ0v) is 9.21. The van der Waals surface area contributed by atoms with Crippen molar-refractivity contribution in [1.82, 2.24) is 15.3 Å². The van der Waals surface area contributed by atoms with Crippen molar-refractivity contribution in [1.29, 1.82) is 0 Å². The summed E-state index contributed by atoms with van der Waals surface area (Å²) in [5, 5.41) is 3.05. The van der Waals surface area contributed by atoms with E-state index < -0.39 is 5.82 Å². The second kappa shape index (κ2) is 5.54. The van der Waals surface area contributed by atoms with Crippen LogP contribution >= 0.6 is 0 Å². The first kappa shape index (κ1) is 11.7. The molecule has 2 N–H and O–H groups in total. The van der Waals surface area contributed by atoms with Gasteiger partial charge in [-0.2, -0.15) is 0 Å². The first-order chi connectivity index (χ1) is 8.25. The van der Waals surface area contributed by atoms with Gasteiger partial charge in [-0.15, -0.1) is 0 Å². The number of aromatic amines is 1. The molecule has 0 atom stereocenters. The van der Waals surface area contributed by atoms with Gasteiger partial charge in [0, 0.05) is 37.0 Å². The Hall–Kier alpha value is -1.75. The molecule has 0 aliphatic heterocycles. The van der Waals surface area contributed by atoms with Crippen molar-refractivity contribution >= 4 is 0 Å². The fourth-order valence-corrected chi connectivity index (χ4v) is 1.55. The Bertz CT molecular complexity index is 469. The normalized spacial score (nSPS) is 10.7. The summed E-state index contributed by atoms with van der Waals surface area (Å²) in [4.78, 5) is 6.86. The molecule has 3 nitrogen and oxygen atoms in total. The van der Waals surface area contributed by atoms with Crippen LogP contribution in [-0.4, -0.2) is 16.5 Å². The number of imidazole rings is 1. The van der Waals surface area contributed by atoms with Crippen molar-refractivity contribution in [2.24, 2.45) is 0 Å². The van der Waals surface area contributed by atoms with Crippen molar-refractivity contribution < 1.29 is 8.78 Å². The van der Waals surface area contributed by atoms with Crippen molar-refractivity contribution in [2.75, 3.05) is 6.54 Å². The van der Waals surface area contributed by atoms with Crippen LogP contribution in [0.25, 0.3) is 0 Å². The molecule has 0 saturated carbocycles. The monoisotopic (exact) mass is 237 g/mol. The van der Waals surface area contributed by atoms with Gasteiger partial charge in [0.15, 0.2) is 0 Å². The van der Waals surface area contributed by atoms with Crippen molar-refractivity contribution in [2.45, 2.75) is 13.0 Å². The van der Waals surface area contributed by atoms with Gasteiger partial charge in [-0.1, -0.05) is 0 Å². The summed E-state index contributed by atoms with van der Waals surface area (Å²) in [6.45, 7) is 0.996. The average Bonchev–Trinajstić information content (AvgIpc) is 2.82. The van der Waals surface area contributed by atoms with E-state index in [0.717, 1.165) is 24.2 Å². The predicted molar refractivity (Wildman–Crippen MR) is 60.4 cm³/mol. The molecule has 2 rings (SSSR count). The van der Waals surface area contributed by atoms with Gasteiger partial charge in [0.25, 0.3) is 0 Å². The fourth-order valence-electron chi connectivity index (χ4n) is 1.55. The molecule has 0 amide bonds. The van der Waals surface area contributed by atoms with Gasteiger partial charge in [0.2, 0.25) is 0 Å². The Kier molecular flexibility index (Phi) is 3.82. The molecule has 1 aromatic heterocycles. The summed E-state index contributed by atoms with van der Waals surface area (Å²) in [5.74, 6) is -0.808. The van der Waals surface area contributed by atoms with Crippen molar-refractivity contribution in [3.8, 4) is 0 Å². The lowest BCUT2D eigenvalue weighted by Gasteiger charge is -2.05. The average molecular weight is 237 g/mol. The minimum atomic E-state index is -0.420. The smallest absolute Gasteiger partial charge is 0.127 e. The van der Waals surface area contributed by atoms with E-state index in [2.05, 4.69) is 15.3 Å². The molecule has 0 spiro atoms. The van der Waals surface area contributed by atoms with Crippen LogP contribution in [0.15, 0.2) is 30.7 Å². The second-order valence-corrected chi connectivity index (χ2v) is 3.74. The number of hydrogen-bond acceptors (Lipinski definition) is 2. The lowest BCUT2D eigenvalue weighted by atomic mass is 10.2. The maximum absolute atomic E-state index is 13.2. The van der Waals surface area contributed by atoms with Crippen molar-refractivity contribution in [3.63, 3.8) is 0 Å². The molecule has 0 aliphatic carbocycles. The summed E-state index contributed by atoms with van der Waals surface area (Å²) in [6.07, 6.45) is 4.13. The van der Waals surface area contributed by atoms with E-state index in [1.54, 1.807) is 12.5 Å². The summed E-state index contributed by atoms with van der Waals surface area (Å²) >= 11 is 0. The third kappa shape index (κ3) is 3.35. The first-order valence-electron chi connectivity index (χ1n) is 5.37. The number of hydrogen-bond donors (Lipinski definition) is 2. The number of nitrogens with one attached hydrogen (secondary N) is 2. The largest absolute Gasteiger partial charge is 0.348 e. The number of benzene rings is 1. The lowest BCUT2D eigenvalue weighted by molar-refractivity contribution is 0.568. The molecule has 17 heavy (non-hydrogen) atoms. The lowest BCUT2D eigenvalue weighted by Crippen LogP contribution is -2.17. The molecule has 0 saturated heterocycles. The number of halogens is 2. The third-order valence-electron chi connectivity index (χ3n) is 2.45. The Labute approximate surface area is 97.9 Å². The molecule has 2 aromatic rings. The Balaban J connectivity index is 1.80. The summed E-state index contributed by atoms with van der Waals surface area (Å²) in [6, 6.07) is 3.46. The van der Waals surface area contributed by atoms with E-state index in [0.29, 0.717) is 18.7 Å². The molecular formula is C12H13F2N3. The fraction of sp³-hybridized carbons (Fsp3) is 0.250. The maximum atomic E-state index is 13.2. The SMILES string of the molecule is Fc1ccc(F)c(CNCCc2cnc[nH]2)c1. The summed E-state index contributed by atoms with van der Waals surface area (Å²) in [7, 11) is 0. The molecule has 0 radical (unpaired) electrons. The second-order valence-electron chi connectivity index (χ2n) is 3.74. The minimum absolute atomic E-state index is 0.317. The Morgan fingerprint density at radius 3 is 2.94 bits per heavy atom. The van der Waals surface area contributed by atoms with Gasteiger partial charge in [0.1, 0.15) is 11.6 Å². The molecule has 1 heterocycles. The topological polar surface area (TPSA) is 40.7 Å².